The largest absolute Gasteiger partial charge is 0.461 e. The van der Waals surface area contributed by atoms with Crippen LogP contribution in [0.25, 0.3) is 0 Å². The Morgan fingerprint density at radius 3 is 2.30 bits per heavy atom. The molecule has 0 heterocycles. The second-order valence-electron chi connectivity index (χ2n) is 8.03. The number of nitrogens with zero attached hydrogens (tertiary/aromatic N) is 1. The summed E-state index contributed by atoms with van der Waals surface area (Å²) >= 11 is 0. The molecule has 0 radical (unpaired) electrons. The summed E-state index contributed by atoms with van der Waals surface area (Å²) in [6.07, 6.45) is 1.59. The van der Waals surface area contributed by atoms with E-state index < -0.39 is 23.8 Å². The van der Waals surface area contributed by atoms with E-state index in [1.54, 1.807) is 19.3 Å². The van der Waals surface area contributed by atoms with Gasteiger partial charge in [-0.15, -0.1) is 6.58 Å². The van der Waals surface area contributed by atoms with Crippen LogP contribution in [0.15, 0.2) is 43.0 Å². The van der Waals surface area contributed by atoms with Crippen molar-refractivity contribution < 1.29 is 24.3 Å². The Bertz CT molecular complexity index is 703. The predicted octanol–water partition coefficient (Wildman–Crippen LogP) is 3.12. The van der Waals surface area contributed by atoms with Crippen molar-refractivity contribution >= 4 is 17.8 Å². The molecule has 0 spiro atoms. The molecule has 2 N–H and O–H groups in total. The lowest BCUT2D eigenvalue weighted by Crippen LogP contribution is -2.50. The first-order valence-electron chi connectivity index (χ1n) is 10.3. The summed E-state index contributed by atoms with van der Waals surface area (Å²) in [5, 5.41) is 8.99. The highest BCUT2D eigenvalue weighted by atomic mass is 16.5. The highest BCUT2D eigenvalue weighted by Gasteiger charge is 2.34. The summed E-state index contributed by atoms with van der Waals surface area (Å²) in [5.41, 5.74) is 2.51. The number of benzene rings is 1. The van der Waals surface area contributed by atoms with Crippen LogP contribution in [0.3, 0.4) is 0 Å². The summed E-state index contributed by atoms with van der Waals surface area (Å²) in [6.45, 7) is 11.4. The van der Waals surface area contributed by atoms with Crippen LogP contribution < -0.4 is 5.48 Å². The molecule has 0 aliphatic rings. The van der Waals surface area contributed by atoms with Crippen LogP contribution in [0, 0.1) is 11.8 Å². The molecule has 0 aliphatic heterocycles. The zero-order valence-corrected chi connectivity index (χ0v) is 18.3. The van der Waals surface area contributed by atoms with Crippen molar-refractivity contribution in [3.05, 3.63) is 48.6 Å². The Balaban J connectivity index is 3.22. The van der Waals surface area contributed by atoms with Gasteiger partial charge < -0.3 is 9.64 Å². The standard InChI is InChI=1S/C23H34N2O5/c1-6-10-19(22(27)24-29)14-21(26)25(15-16(2)3)20(23(28)30-17(4)5)13-18-11-8-7-9-12-18/h6-9,11-12,16-17,19-20,29H,1,10,13-15H2,2-5H3,(H,24,27)/t19-,20+/m0/s1. The zero-order valence-electron chi connectivity index (χ0n) is 18.3. The number of nitrogens with one attached hydrogen (secondary N) is 1. The fourth-order valence-electron chi connectivity index (χ4n) is 3.17. The van der Waals surface area contributed by atoms with Gasteiger partial charge in [-0.2, -0.15) is 0 Å². The third-order valence-corrected chi connectivity index (χ3v) is 4.51. The molecule has 2 atom stereocenters. The summed E-state index contributed by atoms with van der Waals surface area (Å²) < 4.78 is 5.45. The average molecular weight is 419 g/mol. The monoisotopic (exact) mass is 418 g/mol. The fraction of sp³-hybridized carbons (Fsp3) is 0.522. The summed E-state index contributed by atoms with van der Waals surface area (Å²) in [5.74, 6) is -2.15. The second-order valence-corrected chi connectivity index (χ2v) is 8.03. The van der Waals surface area contributed by atoms with E-state index in [1.165, 1.54) is 11.0 Å². The molecule has 0 fully saturated rings. The first kappa shape index (κ1) is 25.4. The van der Waals surface area contributed by atoms with E-state index in [2.05, 4.69) is 6.58 Å². The third-order valence-electron chi connectivity index (χ3n) is 4.51. The minimum Gasteiger partial charge on any atom is -0.461 e. The van der Waals surface area contributed by atoms with Gasteiger partial charge in [0.2, 0.25) is 11.8 Å². The van der Waals surface area contributed by atoms with Gasteiger partial charge in [-0.25, -0.2) is 10.3 Å². The van der Waals surface area contributed by atoms with Gasteiger partial charge in [0.15, 0.2) is 0 Å². The zero-order chi connectivity index (χ0) is 22.7. The lowest BCUT2D eigenvalue weighted by Gasteiger charge is -2.33. The number of amides is 2. The molecule has 0 aliphatic carbocycles. The maximum atomic E-state index is 13.2. The van der Waals surface area contributed by atoms with Gasteiger partial charge in [0, 0.05) is 19.4 Å². The van der Waals surface area contributed by atoms with Gasteiger partial charge in [-0.1, -0.05) is 50.3 Å². The van der Waals surface area contributed by atoms with Crippen molar-refractivity contribution in [1.29, 1.82) is 0 Å². The van der Waals surface area contributed by atoms with Gasteiger partial charge in [0.05, 0.1) is 12.0 Å². The molecule has 0 bridgehead atoms. The number of rotatable bonds is 12. The Morgan fingerprint density at radius 2 is 1.80 bits per heavy atom. The van der Waals surface area contributed by atoms with E-state index in [1.807, 2.05) is 44.2 Å². The van der Waals surface area contributed by atoms with Gasteiger partial charge >= 0.3 is 5.97 Å². The van der Waals surface area contributed by atoms with Crippen LogP contribution in [0.2, 0.25) is 0 Å². The van der Waals surface area contributed by atoms with Crippen LogP contribution >= 0.6 is 0 Å². The van der Waals surface area contributed by atoms with E-state index in [-0.39, 0.29) is 30.8 Å². The van der Waals surface area contributed by atoms with Crippen LogP contribution in [0.1, 0.15) is 46.1 Å². The van der Waals surface area contributed by atoms with Crippen LogP contribution in [-0.2, 0) is 25.5 Å². The molecule has 166 valence electrons. The molecule has 1 aromatic carbocycles. The molecule has 2 amide bonds. The lowest BCUT2D eigenvalue weighted by atomic mass is 9.97. The Hall–Kier alpha value is -2.67. The quantitative estimate of drug-likeness (QED) is 0.235. The minimum absolute atomic E-state index is 0.101. The normalized spacial score (nSPS) is 12.9. The van der Waals surface area contributed by atoms with Gasteiger partial charge in [0.25, 0.3) is 0 Å². The number of carbonyl (C=O) groups excluding carboxylic acids is 3. The Labute approximate surface area is 179 Å². The van der Waals surface area contributed by atoms with E-state index in [9.17, 15) is 14.4 Å². The molecule has 7 nitrogen and oxygen atoms in total. The van der Waals surface area contributed by atoms with Crippen molar-refractivity contribution in [3.63, 3.8) is 0 Å². The number of carbonyl (C=O) groups is 3. The number of allylic oxidation sites excluding steroid dienone is 1. The third kappa shape index (κ3) is 8.37. The second kappa shape index (κ2) is 12.8. The first-order valence-corrected chi connectivity index (χ1v) is 10.3. The summed E-state index contributed by atoms with van der Waals surface area (Å²) in [4.78, 5) is 39.6. The van der Waals surface area contributed by atoms with E-state index >= 15 is 0 Å². The Kier molecular flexibility index (Phi) is 10.8. The molecular formula is C23H34N2O5. The summed E-state index contributed by atoms with van der Waals surface area (Å²) in [7, 11) is 0. The van der Waals surface area contributed by atoms with Crippen LogP contribution in [0.4, 0.5) is 0 Å². The van der Waals surface area contributed by atoms with E-state index in [4.69, 9.17) is 9.94 Å². The topological polar surface area (TPSA) is 95.9 Å². The first-order chi connectivity index (χ1) is 14.2. The number of ether oxygens (including phenoxy) is 1. The molecular weight excluding hydrogens is 384 g/mol. The van der Waals surface area contributed by atoms with Crippen LogP contribution in [0.5, 0.6) is 0 Å². The van der Waals surface area contributed by atoms with E-state index in [0.29, 0.717) is 13.0 Å². The average Bonchev–Trinajstić information content (AvgIpc) is 2.69. The molecule has 0 unspecified atom stereocenters. The highest BCUT2D eigenvalue weighted by molar-refractivity contribution is 5.88. The van der Waals surface area contributed by atoms with E-state index in [0.717, 1.165) is 5.56 Å². The van der Waals surface area contributed by atoms with Gasteiger partial charge in [0.1, 0.15) is 6.04 Å². The molecule has 7 heteroatoms. The minimum atomic E-state index is -0.814. The van der Waals surface area contributed by atoms with Gasteiger partial charge in [-0.05, 0) is 31.7 Å². The number of hydroxylamine groups is 1. The molecule has 1 rings (SSSR count). The van der Waals surface area contributed by atoms with Crippen molar-refractivity contribution in [2.45, 2.75) is 59.1 Å². The highest BCUT2D eigenvalue weighted by Crippen LogP contribution is 2.19. The molecule has 0 saturated heterocycles. The van der Waals surface area contributed by atoms with Crippen molar-refractivity contribution in [2.75, 3.05) is 6.54 Å². The number of hydrogen-bond donors (Lipinski definition) is 2. The predicted molar refractivity (Wildman–Crippen MR) is 115 cm³/mol. The molecule has 0 saturated carbocycles. The lowest BCUT2D eigenvalue weighted by molar-refractivity contribution is -0.159. The number of hydrogen-bond acceptors (Lipinski definition) is 5. The number of esters is 1. The van der Waals surface area contributed by atoms with Crippen molar-refractivity contribution in [3.8, 4) is 0 Å². The van der Waals surface area contributed by atoms with Gasteiger partial charge in [-0.3, -0.25) is 14.8 Å². The SMILES string of the molecule is C=CC[C@@H](CC(=O)N(CC(C)C)[C@H](Cc1ccccc1)C(=O)OC(C)C)C(=O)NO. The fourth-order valence-corrected chi connectivity index (χ4v) is 3.17. The van der Waals surface area contributed by atoms with Crippen molar-refractivity contribution in [2.24, 2.45) is 11.8 Å². The Morgan fingerprint density at radius 1 is 1.17 bits per heavy atom. The summed E-state index contributed by atoms with van der Waals surface area (Å²) in [6, 6.07) is 8.61. The smallest absolute Gasteiger partial charge is 0.329 e. The maximum absolute atomic E-state index is 13.2. The van der Waals surface area contributed by atoms with Crippen LogP contribution in [-0.4, -0.2) is 46.6 Å². The molecule has 1 aromatic rings. The molecule has 30 heavy (non-hydrogen) atoms. The molecule has 0 aromatic heterocycles. The maximum Gasteiger partial charge on any atom is 0.329 e. The van der Waals surface area contributed by atoms with Crippen molar-refractivity contribution in [1.82, 2.24) is 10.4 Å².